The van der Waals surface area contributed by atoms with Gasteiger partial charge in [-0.1, -0.05) is 36.4 Å². The van der Waals surface area contributed by atoms with Crippen molar-refractivity contribution in [2.24, 2.45) is 0 Å². The Balaban J connectivity index is 1.12. The molecule has 1 saturated heterocycles. The van der Waals surface area contributed by atoms with Crippen LogP contribution in [0, 0.1) is 11.3 Å². The number of anilines is 1. The lowest BCUT2D eigenvalue weighted by atomic mass is 9.69. The minimum atomic E-state index is -0.326. The van der Waals surface area contributed by atoms with Crippen LogP contribution in [-0.4, -0.2) is 43.6 Å². The number of fused-ring (bicyclic) bond motifs is 1. The fraction of sp³-hybridized carbons (Fsp3) is 0.400. The molecule has 6 rings (SSSR count). The molecule has 38 heavy (non-hydrogen) atoms. The molecule has 1 aliphatic heterocycles. The van der Waals surface area contributed by atoms with Gasteiger partial charge in [-0.15, -0.1) is 0 Å². The van der Waals surface area contributed by atoms with Crippen molar-refractivity contribution in [3.63, 3.8) is 0 Å². The van der Waals surface area contributed by atoms with Crippen molar-refractivity contribution >= 4 is 27.4 Å². The number of benzene rings is 1. The third-order valence-electron chi connectivity index (χ3n) is 8.46. The van der Waals surface area contributed by atoms with Crippen LogP contribution < -0.4 is 5.32 Å². The molecule has 194 valence electrons. The zero-order valence-electron chi connectivity index (χ0n) is 21.4. The van der Waals surface area contributed by atoms with E-state index in [0.717, 1.165) is 78.8 Å². The summed E-state index contributed by atoms with van der Waals surface area (Å²) in [4.78, 5) is 11.9. The summed E-state index contributed by atoms with van der Waals surface area (Å²) in [5.41, 5.74) is 3.95. The Bertz CT molecular complexity index is 1410. The smallest absolute Gasteiger partial charge is 0.171 e. The highest BCUT2D eigenvalue weighted by Crippen LogP contribution is 2.41. The summed E-state index contributed by atoms with van der Waals surface area (Å²) in [5.74, 6) is 1.37. The Labute approximate surface area is 232 Å². The third-order valence-corrected chi connectivity index (χ3v) is 9.02. The van der Waals surface area contributed by atoms with E-state index in [1.807, 2.05) is 29.0 Å². The number of halogens is 1. The number of hydrogen-bond acceptors (Lipinski definition) is 6. The molecule has 0 spiro atoms. The van der Waals surface area contributed by atoms with Crippen molar-refractivity contribution < 1.29 is 0 Å². The maximum absolute atomic E-state index is 10.1. The van der Waals surface area contributed by atoms with E-state index in [1.165, 1.54) is 5.56 Å². The fourth-order valence-electron chi connectivity index (χ4n) is 6.23. The predicted octanol–water partition coefficient (Wildman–Crippen LogP) is 6.08. The number of piperidine rings is 1. The van der Waals surface area contributed by atoms with Gasteiger partial charge in [-0.05, 0) is 84.7 Å². The van der Waals surface area contributed by atoms with Crippen LogP contribution >= 0.6 is 15.9 Å². The first-order chi connectivity index (χ1) is 18.6. The summed E-state index contributed by atoms with van der Waals surface area (Å²) in [5, 5.41) is 18.1. The minimum Gasteiger partial charge on any atom is -0.366 e. The van der Waals surface area contributed by atoms with E-state index in [9.17, 15) is 5.26 Å². The molecule has 7 nitrogen and oxygen atoms in total. The first kappa shape index (κ1) is 25.0. The van der Waals surface area contributed by atoms with Gasteiger partial charge in [0.15, 0.2) is 5.65 Å². The van der Waals surface area contributed by atoms with Crippen LogP contribution in [0.5, 0.6) is 0 Å². The SMILES string of the molecule is N#CC1(c2ccccc2)CCC(N2CCC(c3cc(NCc4cccnc4)n4ncc(Br)c4n3)CC2)CC1. The van der Waals surface area contributed by atoms with E-state index < -0.39 is 0 Å². The average molecular weight is 571 g/mol. The topological polar surface area (TPSA) is 82.1 Å². The lowest BCUT2D eigenvalue weighted by molar-refractivity contribution is 0.107. The highest BCUT2D eigenvalue weighted by molar-refractivity contribution is 9.10. The molecule has 0 bridgehead atoms. The molecule has 0 radical (unpaired) electrons. The van der Waals surface area contributed by atoms with Crippen LogP contribution in [0.3, 0.4) is 0 Å². The molecule has 1 N–H and O–H groups in total. The maximum Gasteiger partial charge on any atom is 0.171 e. The quantitative estimate of drug-likeness (QED) is 0.303. The van der Waals surface area contributed by atoms with Gasteiger partial charge in [-0.3, -0.25) is 4.98 Å². The third kappa shape index (κ3) is 4.93. The van der Waals surface area contributed by atoms with Crippen molar-refractivity contribution in [3.8, 4) is 6.07 Å². The number of nitriles is 1. The summed E-state index contributed by atoms with van der Waals surface area (Å²) in [6.07, 6.45) is 11.7. The monoisotopic (exact) mass is 569 g/mol. The molecule has 0 amide bonds. The Hall–Kier alpha value is -3.28. The van der Waals surface area contributed by atoms with E-state index >= 15 is 0 Å². The van der Waals surface area contributed by atoms with Crippen molar-refractivity contribution in [3.05, 3.63) is 88.4 Å². The normalized spacial score (nSPS) is 22.8. The van der Waals surface area contributed by atoms with Crippen LogP contribution in [0.15, 0.2) is 71.6 Å². The lowest BCUT2D eigenvalue weighted by Gasteiger charge is -2.43. The molecule has 2 fully saturated rings. The van der Waals surface area contributed by atoms with E-state index in [0.29, 0.717) is 18.5 Å². The molecule has 1 aliphatic carbocycles. The highest BCUT2D eigenvalue weighted by Gasteiger charge is 2.39. The Morgan fingerprint density at radius 3 is 2.53 bits per heavy atom. The Morgan fingerprint density at radius 2 is 1.82 bits per heavy atom. The van der Waals surface area contributed by atoms with Gasteiger partial charge in [0.05, 0.1) is 22.2 Å². The van der Waals surface area contributed by atoms with Crippen LogP contribution in [0.25, 0.3) is 5.65 Å². The molecule has 8 heteroatoms. The summed E-state index contributed by atoms with van der Waals surface area (Å²) in [7, 11) is 0. The molecular formula is C30H32BrN7. The largest absolute Gasteiger partial charge is 0.366 e. The average Bonchev–Trinajstić information content (AvgIpc) is 3.37. The molecular weight excluding hydrogens is 538 g/mol. The van der Waals surface area contributed by atoms with Crippen molar-refractivity contribution in [1.29, 1.82) is 5.26 Å². The lowest BCUT2D eigenvalue weighted by Crippen LogP contribution is -2.45. The molecule has 3 aromatic heterocycles. The number of pyridine rings is 1. The van der Waals surface area contributed by atoms with Gasteiger partial charge < -0.3 is 10.2 Å². The molecule has 1 aromatic carbocycles. The van der Waals surface area contributed by atoms with Gasteiger partial charge >= 0.3 is 0 Å². The van der Waals surface area contributed by atoms with Gasteiger partial charge in [-0.2, -0.15) is 14.9 Å². The molecule has 1 saturated carbocycles. The van der Waals surface area contributed by atoms with Gasteiger partial charge in [-0.25, -0.2) is 4.98 Å². The number of nitrogens with one attached hydrogen (secondary N) is 1. The van der Waals surface area contributed by atoms with Gasteiger partial charge in [0, 0.05) is 42.7 Å². The van der Waals surface area contributed by atoms with E-state index in [-0.39, 0.29) is 5.41 Å². The first-order valence-corrected chi connectivity index (χ1v) is 14.3. The van der Waals surface area contributed by atoms with Crippen molar-refractivity contribution in [2.45, 2.75) is 62.4 Å². The number of likely N-dealkylation sites (tertiary alicyclic amines) is 1. The molecule has 4 aromatic rings. The number of nitrogens with zero attached hydrogens (tertiary/aromatic N) is 6. The highest BCUT2D eigenvalue weighted by atomic mass is 79.9. The maximum atomic E-state index is 10.1. The van der Waals surface area contributed by atoms with E-state index in [4.69, 9.17) is 4.98 Å². The summed E-state index contributed by atoms with van der Waals surface area (Å²) in [6, 6.07) is 19.8. The van der Waals surface area contributed by atoms with Crippen molar-refractivity contribution in [2.75, 3.05) is 18.4 Å². The number of rotatable bonds is 6. The number of hydrogen-bond donors (Lipinski definition) is 1. The van der Waals surface area contributed by atoms with Crippen LogP contribution in [0.1, 0.15) is 61.3 Å². The van der Waals surface area contributed by atoms with Crippen LogP contribution in [0.2, 0.25) is 0 Å². The Kier molecular flexibility index (Phi) is 7.14. The zero-order chi connectivity index (χ0) is 26.0. The number of aromatic nitrogens is 4. The van der Waals surface area contributed by atoms with Gasteiger partial charge in [0.2, 0.25) is 0 Å². The first-order valence-electron chi connectivity index (χ1n) is 13.5. The zero-order valence-corrected chi connectivity index (χ0v) is 23.0. The second-order valence-corrected chi connectivity index (χ2v) is 11.5. The molecule has 4 heterocycles. The minimum absolute atomic E-state index is 0.326. The summed E-state index contributed by atoms with van der Waals surface area (Å²) < 4.78 is 2.78. The van der Waals surface area contributed by atoms with Gasteiger partial charge in [0.1, 0.15) is 5.82 Å². The Morgan fingerprint density at radius 1 is 1.03 bits per heavy atom. The fourth-order valence-corrected chi connectivity index (χ4v) is 6.58. The van der Waals surface area contributed by atoms with E-state index in [1.54, 1.807) is 6.20 Å². The summed E-state index contributed by atoms with van der Waals surface area (Å²) >= 11 is 3.63. The standard InChI is InChI=1S/C30H32BrN7/c31-26-20-35-38-28(34-19-22-5-4-14-33-18-22)17-27(36-29(26)38)23-10-15-37(16-11-23)25-8-12-30(21-32,13-9-25)24-6-2-1-3-7-24/h1-7,14,17-18,20,23,25,34H,8-13,15-16,19H2. The van der Waals surface area contributed by atoms with E-state index in [2.05, 4.69) is 78.7 Å². The second kappa shape index (κ2) is 10.8. The van der Waals surface area contributed by atoms with Crippen LogP contribution in [-0.2, 0) is 12.0 Å². The molecule has 2 aliphatic rings. The van der Waals surface area contributed by atoms with Crippen molar-refractivity contribution in [1.82, 2.24) is 24.5 Å². The van der Waals surface area contributed by atoms with Crippen LogP contribution in [0.4, 0.5) is 5.82 Å². The summed E-state index contributed by atoms with van der Waals surface area (Å²) in [6.45, 7) is 2.83. The predicted molar refractivity (Wildman–Crippen MR) is 152 cm³/mol. The molecule has 0 unspecified atom stereocenters. The second-order valence-electron chi connectivity index (χ2n) is 10.6. The molecule has 0 atom stereocenters. The van der Waals surface area contributed by atoms with Gasteiger partial charge in [0.25, 0.3) is 0 Å².